The van der Waals surface area contributed by atoms with Crippen molar-refractivity contribution in [3.05, 3.63) is 100.0 Å². The van der Waals surface area contributed by atoms with E-state index in [4.69, 9.17) is 14.1 Å². The van der Waals surface area contributed by atoms with Crippen molar-refractivity contribution in [3.8, 4) is 27.6 Å². The first kappa shape index (κ1) is 30.7. The summed E-state index contributed by atoms with van der Waals surface area (Å²) in [5, 5.41) is 12.2. The van der Waals surface area contributed by atoms with Gasteiger partial charge >= 0.3 is 0 Å². The van der Waals surface area contributed by atoms with Crippen LogP contribution < -0.4 is 10.1 Å². The van der Waals surface area contributed by atoms with Crippen molar-refractivity contribution < 1.29 is 22.7 Å². The Morgan fingerprint density at radius 1 is 1.04 bits per heavy atom. The summed E-state index contributed by atoms with van der Waals surface area (Å²) in [6.45, 7) is 2.40. The van der Waals surface area contributed by atoms with E-state index in [0.717, 1.165) is 62.4 Å². The van der Waals surface area contributed by atoms with E-state index >= 15 is 0 Å². The minimum atomic E-state index is -0.372. The van der Waals surface area contributed by atoms with Crippen molar-refractivity contribution in [2.75, 3.05) is 19.0 Å². The van der Waals surface area contributed by atoms with E-state index in [0.29, 0.717) is 54.2 Å². The second-order valence-electron chi connectivity index (χ2n) is 12.9. The standard InChI is InChI=1S/C37H31F2N7O3S/c1-18-44-45-36(49-18)29-25(13-7-19-5-8-20(38)9-6-19)42-32-27-4-3-15-46(27)37(47)31(32)30(29)28-16-26-34(50-28)35(41-17-40-26)43-24-14-11-22-21(24)10-12-23(39)33(22)48-2/h5-6,8-10,12,16-17,24,27H,3-4,7,11,13-15H2,1-2H3,(H,40,41,43)/t24-,27-/m1/s1. The molecule has 6 heterocycles. The van der Waals surface area contributed by atoms with Crippen LogP contribution in [-0.4, -0.2) is 49.6 Å². The average Bonchev–Trinajstić information content (AvgIpc) is 3.96. The van der Waals surface area contributed by atoms with Gasteiger partial charge in [-0.05, 0) is 73.9 Å². The maximum atomic E-state index is 14.5. The summed E-state index contributed by atoms with van der Waals surface area (Å²) in [4.78, 5) is 31.4. The smallest absolute Gasteiger partial charge is 0.257 e. The lowest BCUT2D eigenvalue weighted by Crippen LogP contribution is -2.22. The Morgan fingerprint density at radius 3 is 2.70 bits per heavy atom. The third-order valence-corrected chi connectivity index (χ3v) is 11.2. The maximum absolute atomic E-state index is 14.5. The molecule has 0 saturated carbocycles. The van der Waals surface area contributed by atoms with Gasteiger partial charge in [-0.1, -0.05) is 18.2 Å². The molecular formula is C37H31F2N7O3S. The lowest BCUT2D eigenvalue weighted by molar-refractivity contribution is 0.0776. The molecule has 2 aromatic carbocycles. The van der Waals surface area contributed by atoms with Gasteiger partial charge in [0.2, 0.25) is 11.8 Å². The highest BCUT2D eigenvalue weighted by Gasteiger charge is 2.45. The normalized spacial score (nSPS) is 17.8. The van der Waals surface area contributed by atoms with Gasteiger partial charge in [-0.2, -0.15) is 0 Å². The van der Waals surface area contributed by atoms with E-state index in [1.807, 2.05) is 11.0 Å². The van der Waals surface area contributed by atoms with Crippen LogP contribution in [0.4, 0.5) is 14.6 Å². The molecule has 0 spiro atoms. The number of methoxy groups -OCH3 is 1. The zero-order valence-corrected chi connectivity index (χ0v) is 28.1. The number of carbonyl (C=O) groups excluding carboxylic acids is 1. The molecule has 1 amide bonds. The molecule has 0 bridgehead atoms. The Hall–Kier alpha value is -5.30. The van der Waals surface area contributed by atoms with Gasteiger partial charge in [0.1, 0.15) is 18.0 Å². The molecular weight excluding hydrogens is 661 g/mol. The van der Waals surface area contributed by atoms with Gasteiger partial charge in [-0.3, -0.25) is 9.78 Å². The molecule has 1 N–H and O–H groups in total. The summed E-state index contributed by atoms with van der Waals surface area (Å²) in [7, 11) is 1.49. The molecule has 1 fully saturated rings. The predicted octanol–water partition coefficient (Wildman–Crippen LogP) is 7.57. The molecule has 3 aliphatic rings. The summed E-state index contributed by atoms with van der Waals surface area (Å²) in [5.74, 6) is 0.894. The first-order chi connectivity index (χ1) is 24.4. The van der Waals surface area contributed by atoms with Gasteiger partial charge in [0.25, 0.3) is 5.91 Å². The van der Waals surface area contributed by atoms with Crippen LogP contribution >= 0.6 is 11.3 Å². The van der Waals surface area contributed by atoms with Gasteiger partial charge in [-0.25, -0.2) is 18.7 Å². The maximum Gasteiger partial charge on any atom is 0.257 e. The number of fused-ring (bicyclic) bond motifs is 5. The number of carbonyl (C=O) groups is 1. The van der Waals surface area contributed by atoms with Crippen LogP contribution in [0, 0.1) is 18.6 Å². The third-order valence-electron chi connectivity index (χ3n) is 10.0. The van der Waals surface area contributed by atoms with Crippen LogP contribution in [0.15, 0.2) is 53.2 Å². The molecule has 1 aliphatic carbocycles. The van der Waals surface area contributed by atoms with E-state index in [1.54, 1.807) is 25.1 Å². The number of nitrogens with zero attached hydrogens (tertiary/aromatic N) is 6. The van der Waals surface area contributed by atoms with Crippen LogP contribution in [0.5, 0.6) is 5.75 Å². The molecule has 1 saturated heterocycles. The van der Waals surface area contributed by atoms with Crippen molar-refractivity contribution >= 4 is 33.3 Å². The molecule has 4 aromatic heterocycles. The average molecular weight is 692 g/mol. The van der Waals surface area contributed by atoms with Gasteiger partial charge in [0.05, 0.1) is 51.9 Å². The fourth-order valence-corrected chi connectivity index (χ4v) is 8.90. The number of thiophene rings is 1. The number of rotatable bonds is 8. The highest BCUT2D eigenvalue weighted by atomic mass is 32.1. The number of nitrogens with one attached hydrogen (secondary N) is 1. The number of aromatic nitrogens is 5. The van der Waals surface area contributed by atoms with Crippen LogP contribution in [0.2, 0.25) is 0 Å². The molecule has 6 aromatic rings. The highest BCUT2D eigenvalue weighted by molar-refractivity contribution is 7.22. The SMILES string of the molecule is COc1c(F)ccc2c1CC[C@H]2Nc1ncnc2cc(-c3c4c(nc(CCc5ccc(F)cc5)c3-c3nnc(C)o3)[C@H]3CCCN3C4=O)sc12. The topological polar surface area (TPSA) is 119 Å². The predicted molar refractivity (Wildman–Crippen MR) is 183 cm³/mol. The number of ether oxygens (including phenoxy) is 1. The Bertz CT molecular complexity index is 2320. The number of pyridine rings is 1. The van der Waals surface area contributed by atoms with Gasteiger partial charge in [0, 0.05) is 29.5 Å². The summed E-state index contributed by atoms with van der Waals surface area (Å²) in [6, 6.07) is 11.5. The quantitative estimate of drug-likeness (QED) is 0.172. The summed E-state index contributed by atoms with van der Waals surface area (Å²) in [5.41, 5.74) is 6.89. The van der Waals surface area contributed by atoms with Gasteiger partial charge in [-0.15, -0.1) is 21.5 Å². The highest BCUT2D eigenvalue weighted by Crippen LogP contribution is 2.50. The van der Waals surface area contributed by atoms with Crippen molar-refractivity contribution in [1.29, 1.82) is 0 Å². The minimum Gasteiger partial charge on any atom is -0.493 e. The number of amides is 1. The second kappa shape index (κ2) is 11.9. The van der Waals surface area contributed by atoms with E-state index in [1.165, 1.54) is 43.0 Å². The van der Waals surface area contributed by atoms with E-state index in [-0.39, 0.29) is 41.3 Å². The van der Waals surface area contributed by atoms with Crippen molar-refractivity contribution in [1.82, 2.24) is 30.0 Å². The second-order valence-corrected chi connectivity index (χ2v) is 14.0. The van der Waals surface area contributed by atoms with E-state index in [2.05, 4.69) is 25.5 Å². The Morgan fingerprint density at radius 2 is 1.90 bits per heavy atom. The molecule has 10 nitrogen and oxygen atoms in total. The van der Waals surface area contributed by atoms with Crippen LogP contribution in [0.25, 0.3) is 32.1 Å². The van der Waals surface area contributed by atoms with E-state index < -0.39 is 0 Å². The monoisotopic (exact) mass is 691 g/mol. The molecule has 50 heavy (non-hydrogen) atoms. The van der Waals surface area contributed by atoms with Crippen molar-refractivity contribution in [2.45, 2.75) is 57.5 Å². The zero-order chi connectivity index (χ0) is 34.1. The summed E-state index contributed by atoms with van der Waals surface area (Å²) in [6.07, 6.45) is 5.80. The molecule has 13 heteroatoms. The number of benzene rings is 2. The molecule has 9 rings (SSSR count). The van der Waals surface area contributed by atoms with Crippen molar-refractivity contribution in [2.24, 2.45) is 0 Å². The number of aryl methyl sites for hydroxylation is 3. The van der Waals surface area contributed by atoms with Gasteiger partial charge in [0.15, 0.2) is 11.6 Å². The fraction of sp³-hybridized carbons (Fsp3) is 0.297. The van der Waals surface area contributed by atoms with Crippen LogP contribution in [0.1, 0.15) is 75.7 Å². The molecule has 0 unspecified atom stereocenters. The lowest BCUT2D eigenvalue weighted by atomic mass is 9.93. The minimum absolute atomic E-state index is 0.0572. The number of anilines is 1. The number of hydrogen-bond acceptors (Lipinski definition) is 10. The summed E-state index contributed by atoms with van der Waals surface area (Å²) < 4.78 is 40.5. The van der Waals surface area contributed by atoms with Gasteiger partial charge < -0.3 is 19.4 Å². The first-order valence-electron chi connectivity index (χ1n) is 16.7. The van der Waals surface area contributed by atoms with Crippen LogP contribution in [-0.2, 0) is 19.3 Å². The molecule has 2 aliphatic heterocycles. The first-order valence-corrected chi connectivity index (χ1v) is 17.5. The summed E-state index contributed by atoms with van der Waals surface area (Å²) >= 11 is 1.49. The zero-order valence-electron chi connectivity index (χ0n) is 27.3. The Labute approximate surface area is 289 Å². The largest absolute Gasteiger partial charge is 0.493 e. The fourth-order valence-electron chi connectivity index (χ4n) is 7.78. The third kappa shape index (κ3) is 4.93. The van der Waals surface area contributed by atoms with E-state index in [9.17, 15) is 13.6 Å². The molecule has 2 atom stereocenters. The van der Waals surface area contributed by atoms with Crippen LogP contribution in [0.3, 0.4) is 0 Å². The Balaban J connectivity index is 1.20. The Kier molecular flexibility index (Phi) is 7.34. The lowest BCUT2D eigenvalue weighted by Gasteiger charge is -2.16. The molecule has 0 radical (unpaired) electrons. The number of halogens is 2. The van der Waals surface area contributed by atoms with Crippen molar-refractivity contribution in [3.63, 3.8) is 0 Å². The molecule has 252 valence electrons. The number of hydrogen-bond donors (Lipinski definition) is 1.